The SMILES string of the molecule is CC(C)n1cnc(S(=O)(=O)NCCc2cnoc2)c1. The van der Waals surface area contributed by atoms with Crippen molar-refractivity contribution < 1.29 is 12.9 Å². The maximum absolute atomic E-state index is 12.0. The van der Waals surface area contributed by atoms with Gasteiger partial charge in [-0.15, -0.1) is 0 Å². The first-order valence-corrected chi connectivity index (χ1v) is 7.39. The molecular weight excluding hydrogens is 268 g/mol. The van der Waals surface area contributed by atoms with Gasteiger partial charge in [0.05, 0.1) is 12.5 Å². The highest BCUT2D eigenvalue weighted by molar-refractivity contribution is 7.89. The van der Waals surface area contributed by atoms with Crippen LogP contribution in [0.1, 0.15) is 25.5 Å². The molecule has 0 aliphatic carbocycles. The topological polar surface area (TPSA) is 90.0 Å². The first kappa shape index (κ1) is 13.8. The summed E-state index contributed by atoms with van der Waals surface area (Å²) in [5.41, 5.74) is 0.843. The first-order chi connectivity index (χ1) is 8.99. The molecule has 2 aromatic rings. The Hall–Kier alpha value is -1.67. The van der Waals surface area contributed by atoms with Gasteiger partial charge in [0.1, 0.15) is 6.26 Å². The molecule has 0 unspecified atom stereocenters. The van der Waals surface area contributed by atoms with E-state index < -0.39 is 10.0 Å². The molecule has 0 amide bonds. The zero-order chi connectivity index (χ0) is 13.9. The average Bonchev–Trinajstić information content (AvgIpc) is 2.99. The van der Waals surface area contributed by atoms with Gasteiger partial charge < -0.3 is 9.09 Å². The molecule has 104 valence electrons. The van der Waals surface area contributed by atoms with Crippen molar-refractivity contribution in [3.63, 3.8) is 0 Å². The molecule has 0 aliphatic rings. The van der Waals surface area contributed by atoms with Crippen LogP contribution in [-0.4, -0.2) is 29.7 Å². The molecule has 2 rings (SSSR count). The van der Waals surface area contributed by atoms with Crippen LogP contribution in [0, 0.1) is 0 Å². The summed E-state index contributed by atoms with van der Waals surface area (Å²) < 4.78 is 32.8. The van der Waals surface area contributed by atoms with E-state index in [1.54, 1.807) is 10.8 Å². The molecule has 0 fully saturated rings. The summed E-state index contributed by atoms with van der Waals surface area (Å²) in [5, 5.41) is 3.58. The maximum Gasteiger partial charge on any atom is 0.259 e. The van der Waals surface area contributed by atoms with Crippen molar-refractivity contribution in [3.8, 4) is 0 Å². The molecular formula is C11H16N4O3S. The normalized spacial score (nSPS) is 12.2. The minimum absolute atomic E-state index is 0.0338. The van der Waals surface area contributed by atoms with E-state index in [1.165, 1.54) is 18.8 Å². The molecule has 2 aromatic heterocycles. The second-order valence-corrected chi connectivity index (χ2v) is 6.15. The Morgan fingerprint density at radius 3 is 2.84 bits per heavy atom. The van der Waals surface area contributed by atoms with E-state index in [0.717, 1.165) is 5.56 Å². The maximum atomic E-state index is 12.0. The summed E-state index contributed by atoms with van der Waals surface area (Å²) in [5.74, 6) is 0. The van der Waals surface area contributed by atoms with E-state index in [9.17, 15) is 8.42 Å². The second-order valence-electron chi connectivity index (χ2n) is 4.43. The van der Waals surface area contributed by atoms with Crippen LogP contribution in [0.4, 0.5) is 0 Å². The molecule has 0 spiro atoms. The summed E-state index contributed by atoms with van der Waals surface area (Å²) in [6.07, 6.45) is 6.60. The van der Waals surface area contributed by atoms with Crippen molar-refractivity contribution in [1.82, 2.24) is 19.4 Å². The van der Waals surface area contributed by atoms with E-state index in [-0.39, 0.29) is 17.6 Å². The number of hydrogen-bond donors (Lipinski definition) is 1. The van der Waals surface area contributed by atoms with Gasteiger partial charge in [-0.1, -0.05) is 5.16 Å². The van der Waals surface area contributed by atoms with Crippen LogP contribution < -0.4 is 4.72 Å². The molecule has 0 saturated carbocycles. The molecule has 1 N–H and O–H groups in total. The summed E-state index contributed by atoms with van der Waals surface area (Å²) >= 11 is 0. The van der Waals surface area contributed by atoms with Gasteiger partial charge in [0, 0.05) is 24.3 Å². The highest BCUT2D eigenvalue weighted by atomic mass is 32.2. The van der Waals surface area contributed by atoms with Crippen molar-refractivity contribution in [2.75, 3.05) is 6.54 Å². The molecule has 0 aliphatic heterocycles. The summed E-state index contributed by atoms with van der Waals surface area (Å²) in [6, 6.07) is 0.174. The standard InChI is InChI=1S/C11H16N4O3S/c1-9(2)15-6-11(12-8-15)19(16,17)14-4-3-10-5-13-18-7-10/h5-9,14H,3-4H2,1-2H3. The molecule has 0 radical (unpaired) electrons. The van der Waals surface area contributed by atoms with Gasteiger partial charge in [-0.2, -0.15) is 0 Å². The number of imidazole rings is 1. The smallest absolute Gasteiger partial charge is 0.259 e. The lowest BCUT2D eigenvalue weighted by atomic mass is 10.3. The number of nitrogens with zero attached hydrogens (tertiary/aromatic N) is 3. The van der Waals surface area contributed by atoms with Crippen LogP contribution in [0.25, 0.3) is 0 Å². The fourth-order valence-corrected chi connectivity index (χ4v) is 2.46. The van der Waals surface area contributed by atoms with Gasteiger partial charge in [-0.3, -0.25) is 0 Å². The third-order valence-corrected chi connectivity index (χ3v) is 3.98. The van der Waals surface area contributed by atoms with E-state index in [0.29, 0.717) is 6.42 Å². The number of sulfonamides is 1. The van der Waals surface area contributed by atoms with Gasteiger partial charge in [0.25, 0.3) is 10.0 Å². The highest BCUT2D eigenvalue weighted by Gasteiger charge is 2.17. The van der Waals surface area contributed by atoms with Crippen LogP contribution >= 0.6 is 0 Å². The van der Waals surface area contributed by atoms with Crippen molar-refractivity contribution >= 4 is 10.0 Å². The second kappa shape index (κ2) is 5.54. The minimum atomic E-state index is -3.56. The Labute approximate surface area is 111 Å². The lowest BCUT2D eigenvalue weighted by molar-refractivity contribution is 0.419. The van der Waals surface area contributed by atoms with Crippen LogP contribution in [0.2, 0.25) is 0 Å². The Kier molecular flexibility index (Phi) is 4.01. The van der Waals surface area contributed by atoms with Gasteiger partial charge >= 0.3 is 0 Å². The summed E-state index contributed by atoms with van der Waals surface area (Å²) in [6.45, 7) is 4.19. The van der Waals surface area contributed by atoms with E-state index >= 15 is 0 Å². The predicted octanol–water partition coefficient (Wildman–Crippen LogP) is 0.973. The number of hydrogen-bond acceptors (Lipinski definition) is 5. The van der Waals surface area contributed by atoms with Crippen LogP contribution in [0.3, 0.4) is 0 Å². The summed E-state index contributed by atoms with van der Waals surface area (Å²) in [7, 11) is -3.56. The molecule has 0 aromatic carbocycles. The first-order valence-electron chi connectivity index (χ1n) is 5.90. The number of nitrogens with one attached hydrogen (secondary N) is 1. The molecule has 8 heteroatoms. The van der Waals surface area contributed by atoms with Crippen molar-refractivity contribution in [2.24, 2.45) is 0 Å². The van der Waals surface area contributed by atoms with Gasteiger partial charge in [-0.25, -0.2) is 18.1 Å². The quantitative estimate of drug-likeness (QED) is 0.853. The lowest BCUT2D eigenvalue weighted by Crippen LogP contribution is -2.26. The Morgan fingerprint density at radius 2 is 2.26 bits per heavy atom. The van der Waals surface area contributed by atoms with E-state index in [1.807, 2.05) is 13.8 Å². The van der Waals surface area contributed by atoms with Crippen molar-refractivity contribution in [1.29, 1.82) is 0 Å². The third-order valence-electron chi connectivity index (χ3n) is 2.64. The molecule has 7 nitrogen and oxygen atoms in total. The van der Waals surface area contributed by atoms with Crippen LogP contribution in [0.15, 0.2) is 34.5 Å². The van der Waals surface area contributed by atoms with E-state index in [2.05, 4.69) is 19.4 Å². The number of rotatable bonds is 6. The zero-order valence-corrected chi connectivity index (χ0v) is 11.6. The fourth-order valence-electron chi connectivity index (χ4n) is 1.49. The van der Waals surface area contributed by atoms with Gasteiger partial charge in [-0.05, 0) is 20.3 Å². The zero-order valence-electron chi connectivity index (χ0n) is 10.8. The van der Waals surface area contributed by atoms with Crippen LogP contribution in [-0.2, 0) is 16.4 Å². The molecule has 0 bridgehead atoms. The minimum Gasteiger partial charge on any atom is -0.364 e. The van der Waals surface area contributed by atoms with Gasteiger partial charge in [0.2, 0.25) is 0 Å². The lowest BCUT2D eigenvalue weighted by Gasteiger charge is -2.04. The largest absolute Gasteiger partial charge is 0.364 e. The Bertz CT molecular complexity index is 616. The monoisotopic (exact) mass is 284 g/mol. The molecule has 19 heavy (non-hydrogen) atoms. The predicted molar refractivity (Wildman–Crippen MR) is 68.0 cm³/mol. The van der Waals surface area contributed by atoms with Crippen LogP contribution in [0.5, 0.6) is 0 Å². The third kappa shape index (κ3) is 3.42. The van der Waals surface area contributed by atoms with Crippen molar-refractivity contribution in [3.05, 3.63) is 30.5 Å². The summed E-state index contributed by atoms with van der Waals surface area (Å²) in [4.78, 5) is 3.91. The van der Waals surface area contributed by atoms with Crippen molar-refractivity contribution in [2.45, 2.75) is 31.3 Å². The highest BCUT2D eigenvalue weighted by Crippen LogP contribution is 2.10. The fraction of sp³-hybridized carbons (Fsp3) is 0.455. The Balaban J connectivity index is 1.97. The number of aromatic nitrogens is 3. The molecule has 2 heterocycles. The van der Waals surface area contributed by atoms with Gasteiger partial charge in [0.15, 0.2) is 5.03 Å². The Morgan fingerprint density at radius 1 is 1.47 bits per heavy atom. The molecule has 0 saturated heterocycles. The molecule has 0 atom stereocenters. The average molecular weight is 284 g/mol. The van der Waals surface area contributed by atoms with E-state index in [4.69, 9.17) is 0 Å².